The summed E-state index contributed by atoms with van der Waals surface area (Å²) in [6.45, 7) is -0.344. The third-order valence-electron chi connectivity index (χ3n) is 2.36. The van der Waals surface area contributed by atoms with Gasteiger partial charge in [-0.3, -0.25) is 4.79 Å². The molecule has 1 N–H and O–H groups in total. The molecule has 0 aromatic heterocycles. The van der Waals surface area contributed by atoms with E-state index < -0.39 is 49.6 Å². The molecule has 1 aromatic rings. The van der Waals surface area contributed by atoms with Crippen LogP contribution in [0.2, 0.25) is 0 Å². The Balaban J connectivity index is 2.86. The molecule has 0 radical (unpaired) electrons. The van der Waals surface area contributed by atoms with Crippen molar-refractivity contribution >= 4 is 5.97 Å². The van der Waals surface area contributed by atoms with Crippen molar-refractivity contribution in [2.24, 2.45) is 0 Å². The second-order valence-corrected chi connectivity index (χ2v) is 4.20. The molecule has 0 saturated carbocycles. The molecule has 1 heterocycles. The molecule has 1 fully saturated rings. The van der Waals surface area contributed by atoms with Gasteiger partial charge in [0.2, 0.25) is 0 Å². The van der Waals surface area contributed by atoms with E-state index in [2.05, 4.69) is 0 Å². The Kier molecular flexibility index (Phi) is 2.11. The Hall–Kier alpha value is -1.35. The number of benzene rings is 1. The predicted molar refractivity (Wildman–Crippen MR) is 76.1 cm³/mol. The number of carbonyl (C=O) groups is 1. The summed E-state index contributed by atoms with van der Waals surface area (Å²) in [7, 11) is 0. The van der Waals surface area contributed by atoms with Crippen LogP contribution in [0.3, 0.4) is 0 Å². The number of piperidine rings is 1. The van der Waals surface area contributed by atoms with Gasteiger partial charge in [-0.15, -0.1) is 0 Å². The van der Waals surface area contributed by atoms with Gasteiger partial charge >= 0.3 is 5.97 Å². The molecule has 0 aliphatic carbocycles. The number of esters is 1. The first-order chi connectivity index (χ1) is 12.9. The van der Waals surface area contributed by atoms with Crippen molar-refractivity contribution in [2.75, 3.05) is 6.50 Å². The molecule has 3 nitrogen and oxygen atoms in total. The summed E-state index contributed by atoms with van der Waals surface area (Å²) in [6, 6.07) is 3.59. The van der Waals surface area contributed by atoms with E-state index in [4.69, 9.17) is 18.4 Å². The summed E-state index contributed by atoms with van der Waals surface area (Å²) in [4.78, 5) is 13.0. The Bertz CT molecular complexity index is 785. The normalized spacial score (nSPS) is 45.0. The lowest BCUT2D eigenvalue weighted by Crippen LogP contribution is -2.42. The minimum atomic E-state index is -3.59. The van der Waals surface area contributed by atoms with Crippen molar-refractivity contribution in [1.82, 2.24) is 5.32 Å². The Morgan fingerprint density at radius 3 is 2.89 bits per heavy atom. The number of ether oxygens (including phenoxy) is 1. The summed E-state index contributed by atoms with van der Waals surface area (Å²) in [5, 5.41) is 1.82. The fourth-order valence-electron chi connectivity index (χ4n) is 1.62. The summed E-state index contributed by atoms with van der Waals surface area (Å²) in [5.74, 6) is -4.36. The molecule has 1 aliphatic rings. The van der Waals surface area contributed by atoms with E-state index >= 15 is 0 Å². The summed E-state index contributed by atoms with van der Waals surface area (Å²) in [5.41, 5.74) is -0.230. The van der Waals surface area contributed by atoms with Crippen LogP contribution in [0, 0.1) is 0 Å². The van der Waals surface area contributed by atoms with Crippen LogP contribution in [-0.2, 0) is 9.53 Å². The van der Waals surface area contributed by atoms with Crippen LogP contribution in [0.4, 0.5) is 0 Å². The molecule has 1 aromatic carbocycles. The van der Waals surface area contributed by atoms with Crippen molar-refractivity contribution < 1.29 is 23.2 Å². The zero-order chi connectivity index (χ0) is 22.7. The molecule has 2 rings (SSSR count). The average molecular weight is 271 g/mol. The third-order valence-corrected chi connectivity index (χ3v) is 2.36. The monoisotopic (exact) mass is 271 g/mol. The topological polar surface area (TPSA) is 38.3 Å². The van der Waals surface area contributed by atoms with Gasteiger partial charge in [0.05, 0.1) is 12.0 Å². The van der Waals surface area contributed by atoms with E-state index in [-0.39, 0.29) is 5.56 Å². The summed E-state index contributed by atoms with van der Waals surface area (Å²) >= 11 is 0. The quantitative estimate of drug-likeness (QED) is 0.856. The first-order valence-electron chi connectivity index (χ1n) is 11.0. The summed E-state index contributed by atoms with van der Waals surface area (Å²) < 4.78 is 87.0. The van der Waals surface area contributed by atoms with E-state index in [1.807, 2.05) is 5.32 Å². The Labute approximate surface area is 129 Å². The van der Waals surface area contributed by atoms with Crippen LogP contribution in [0.15, 0.2) is 30.3 Å². The van der Waals surface area contributed by atoms with Crippen molar-refractivity contribution in [3.8, 4) is 0 Å². The van der Waals surface area contributed by atoms with Gasteiger partial charge in [-0.1, -0.05) is 36.7 Å². The number of nitrogens with one attached hydrogen (secondary N) is 1. The second kappa shape index (κ2) is 6.71. The van der Waals surface area contributed by atoms with Crippen LogP contribution in [0.25, 0.3) is 0 Å². The highest BCUT2D eigenvalue weighted by atomic mass is 16.5. The number of carbonyl (C=O) groups excluding carboxylic acids is 1. The lowest BCUT2D eigenvalue weighted by atomic mass is 9.86. The van der Waals surface area contributed by atoms with Crippen molar-refractivity contribution in [1.29, 1.82) is 0 Å². The standard InChI is InChI=1S/C16H23NO2/c1-12(2)19-16(18)15(13-8-4-3-5-9-13)14-10-6-7-11-17-14/h3-5,8-9,12,14-15,17H,6-7,10-11H2,1-2H3/t14-,15?/m0/s1/i6D2,7D2,10D2,11D2,14D,15D. The molecule has 1 unspecified atom stereocenters. The van der Waals surface area contributed by atoms with E-state index in [0.29, 0.717) is 0 Å². The summed E-state index contributed by atoms with van der Waals surface area (Å²) in [6.07, 6.45) is -11.3. The smallest absolute Gasteiger partial charge is 0.315 e. The van der Waals surface area contributed by atoms with Crippen LogP contribution < -0.4 is 5.32 Å². The van der Waals surface area contributed by atoms with Gasteiger partial charge in [-0.25, -0.2) is 0 Å². The fourth-order valence-corrected chi connectivity index (χ4v) is 1.62. The van der Waals surface area contributed by atoms with Gasteiger partial charge in [-0.05, 0) is 38.7 Å². The van der Waals surface area contributed by atoms with Crippen LogP contribution >= 0.6 is 0 Å². The van der Waals surface area contributed by atoms with Crippen LogP contribution in [0.5, 0.6) is 0 Å². The first kappa shape index (κ1) is 5.96. The Morgan fingerprint density at radius 2 is 2.21 bits per heavy atom. The van der Waals surface area contributed by atoms with E-state index in [1.54, 1.807) is 6.07 Å². The molecular formula is C16H23NO2. The highest BCUT2D eigenvalue weighted by molar-refractivity contribution is 5.79. The molecule has 1 aliphatic heterocycles. The zero-order valence-corrected chi connectivity index (χ0v) is 10.8. The molecule has 0 spiro atoms. The lowest BCUT2D eigenvalue weighted by Gasteiger charge is -2.30. The second-order valence-electron chi connectivity index (χ2n) is 4.20. The maximum Gasteiger partial charge on any atom is 0.315 e. The zero-order valence-electron chi connectivity index (χ0n) is 20.8. The molecule has 0 amide bonds. The molecule has 3 heteroatoms. The van der Waals surface area contributed by atoms with Gasteiger partial charge in [0.25, 0.3) is 0 Å². The van der Waals surface area contributed by atoms with E-state index in [0.717, 1.165) is 0 Å². The van der Waals surface area contributed by atoms with Gasteiger partial charge in [0.1, 0.15) is 0 Å². The van der Waals surface area contributed by atoms with E-state index in [1.165, 1.54) is 38.1 Å². The largest absolute Gasteiger partial charge is 0.462 e. The molecule has 104 valence electrons. The van der Waals surface area contributed by atoms with Crippen molar-refractivity contribution in [2.45, 2.75) is 51.0 Å². The maximum atomic E-state index is 13.0. The maximum absolute atomic E-state index is 13.0. The minimum Gasteiger partial charge on any atom is -0.462 e. The molecule has 19 heavy (non-hydrogen) atoms. The highest BCUT2D eigenvalue weighted by Crippen LogP contribution is 2.27. The lowest BCUT2D eigenvalue weighted by molar-refractivity contribution is -0.150. The Morgan fingerprint density at radius 1 is 1.47 bits per heavy atom. The molecular weight excluding hydrogens is 238 g/mol. The van der Waals surface area contributed by atoms with E-state index in [9.17, 15) is 4.79 Å². The highest BCUT2D eigenvalue weighted by Gasteiger charge is 2.32. The van der Waals surface area contributed by atoms with Gasteiger partial charge in [0.15, 0.2) is 0 Å². The average Bonchev–Trinajstić information content (AvgIpc) is 2.59. The molecule has 0 bridgehead atoms. The fraction of sp³-hybridized carbons (Fsp3) is 0.562. The third kappa shape index (κ3) is 3.80. The number of hydrogen-bond donors (Lipinski definition) is 1. The minimum absolute atomic E-state index is 0.230. The van der Waals surface area contributed by atoms with Crippen LogP contribution in [0.1, 0.15) is 58.1 Å². The van der Waals surface area contributed by atoms with Gasteiger partial charge in [-0.2, -0.15) is 0 Å². The SMILES string of the molecule is [2H]C1([2H])N[C@]([2H])(C([2H])(C(=O)OC(C)C)c2ccccc2)C([2H])([2H])C([2H])([2H])C1([2H])[2H]. The van der Waals surface area contributed by atoms with Gasteiger partial charge < -0.3 is 10.1 Å². The first-order valence-corrected chi connectivity index (χ1v) is 5.96. The van der Waals surface area contributed by atoms with Crippen molar-refractivity contribution in [3.05, 3.63) is 35.9 Å². The van der Waals surface area contributed by atoms with Crippen molar-refractivity contribution in [3.63, 3.8) is 0 Å². The van der Waals surface area contributed by atoms with Gasteiger partial charge in [0, 0.05) is 19.7 Å². The predicted octanol–water partition coefficient (Wildman–Crippen LogP) is 2.86. The molecule has 2 atom stereocenters. The number of hydrogen-bond acceptors (Lipinski definition) is 3. The van der Waals surface area contributed by atoms with Crippen LogP contribution in [-0.4, -0.2) is 24.6 Å². The molecule has 1 saturated heterocycles. The number of rotatable bonds is 4.